The molecule has 1 saturated carbocycles. The van der Waals surface area contributed by atoms with E-state index in [1.807, 2.05) is 38.2 Å². The fourth-order valence-corrected chi connectivity index (χ4v) is 5.47. The summed E-state index contributed by atoms with van der Waals surface area (Å²) in [6.07, 6.45) is 4.31. The van der Waals surface area contributed by atoms with Crippen molar-refractivity contribution in [3.8, 4) is 28.0 Å². The number of rotatable bonds is 6. The number of aromatic nitrogens is 5. The Balaban J connectivity index is 1.36. The van der Waals surface area contributed by atoms with Crippen molar-refractivity contribution < 1.29 is 9.84 Å². The Morgan fingerprint density at radius 1 is 1.24 bits per heavy atom. The normalized spacial score (nSPS) is 20.2. The number of pyridine rings is 1. The Morgan fingerprint density at radius 3 is 2.79 bits per heavy atom. The highest BCUT2D eigenvalue weighted by atomic mass is 32.1. The lowest BCUT2D eigenvalue weighted by Gasteiger charge is -2.28. The molecular weight excluding hydrogens is 450 g/mol. The van der Waals surface area contributed by atoms with Crippen molar-refractivity contribution in [2.24, 2.45) is 5.92 Å². The highest BCUT2D eigenvalue weighted by Gasteiger charge is 2.49. The lowest BCUT2D eigenvalue weighted by molar-refractivity contribution is 0.0211. The van der Waals surface area contributed by atoms with Crippen LogP contribution in [0.2, 0.25) is 0 Å². The predicted octanol–water partition coefficient (Wildman–Crippen LogP) is 3.47. The second-order valence-corrected chi connectivity index (χ2v) is 10.5. The Hall–Kier alpha value is -3.39. The minimum absolute atomic E-state index is 0.218. The number of nitriles is 1. The maximum atomic E-state index is 10.3. The van der Waals surface area contributed by atoms with Gasteiger partial charge in [-0.1, -0.05) is 11.3 Å². The molecule has 0 amide bonds. The van der Waals surface area contributed by atoms with Crippen LogP contribution in [0, 0.1) is 17.2 Å². The van der Waals surface area contributed by atoms with E-state index in [2.05, 4.69) is 26.7 Å². The molecule has 2 aliphatic rings. The van der Waals surface area contributed by atoms with Crippen LogP contribution >= 0.6 is 11.3 Å². The van der Waals surface area contributed by atoms with E-state index >= 15 is 0 Å². The summed E-state index contributed by atoms with van der Waals surface area (Å²) in [5.41, 5.74) is 4.04. The van der Waals surface area contributed by atoms with Crippen molar-refractivity contribution in [3.05, 3.63) is 47.2 Å². The molecule has 34 heavy (non-hydrogen) atoms. The summed E-state index contributed by atoms with van der Waals surface area (Å²) < 4.78 is 7.14. The summed E-state index contributed by atoms with van der Waals surface area (Å²) in [5, 5.41) is 38.1. The number of fused-ring (bicyclic) bond motifs is 1. The molecule has 5 heterocycles. The standard InChI is InChI=1S/C24H23N7O2S/c1-24(2,32)18-6-16(18)22-29-30-23(34-22)17-10-26-20(7-19(17)28-14-11-33-12-14)21-4-3-15-5-13(8-25)9-27-31(15)21/h3-5,7,9-10,14,16,18,32H,6,11-12H2,1-2H3,(H,26,28)/t16-,18?/m1/s1. The van der Waals surface area contributed by atoms with Crippen LogP contribution in [-0.2, 0) is 4.74 Å². The molecule has 1 saturated heterocycles. The first-order valence-electron chi connectivity index (χ1n) is 11.2. The third kappa shape index (κ3) is 3.72. The van der Waals surface area contributed by atoms with Crippen LogP contribution in [0.15, 0.2) is 36.7 Å². The molecule has 0 spiro atoms. The molecule has 2 atom stereocenters. The van der Waals surface area contributed by atoms with E-state index in [0.29, 0.717) is 18.8 Å². The highest BCUT2D eigenvalue weighted by Crippen LogP contribution is 2.54. The molecular formula is C24H23N7O2S. The van der Waals surface area contributed by atoms with E-state index in [1.54, 1.807) is 28.1 Å². The molecule has 0 aromatic carbocycles. The zero-order chi connectivity index (χ0) is 23.4. The SMILES string of the molecule is CC(C)(O)C1C[C@H]1c1nnc(-c2cnc(-c3ccc4cc(C#N)cnn34)cc2NC2COC2)s1. The van der Waals surface area contributed by atoms with E-state index in [4.69, 9.17) is 15.0 Å². The fraction of sp³-hybridized carbons (Fsp3) is 0.375. The molecule has 0 radical (unpaired) electrons. The molecule has 4 aromatic rings. The largest absolute Gasteiger partial charge is 0.390 e. The Morgan fingerprint density at radius 2 is 2.09 bits per heavy atom. The van der Waals surface area contributed by atoms with Crippen molar-refractivity contribution in [3.63, 3.8) is 0 Å². The number of aliphatic hydroxyl groups is 1. The van der Waals surface area contributed by atoms with Crippen molar-refractivity contribution in [1.82, 2.24) is 24.8 Å². The van der Waals surface area contributed by atoms with Gasteiger partial charge in [0.15, 0.2) is 5.01 Å². The molecule has 2 fully saturated rings. The van der Waals surface area contributed by atoms with Gasteiger partial charge in [0.25, 0.3) is 0 Å². The summed E-state index contributed by atoms with van der Waals surface area (Å²) in [5.74, 6) is 0.474. The number of ether oxygens (including phenoxy) is 1. The van der Waals surface area contributed by atoms with Gasteiger partial charge in [0, 0.05) is 17.8 Å². The first-order chi connectivity index (χ1) is 16.4. The van der Waals surface area contributed by atoms with E-state index < -0.39 is 5.60 Å². The predicted molar refractivity (Wildman–Crippen MR) is 127 cm³/mol. The minimum Gasteiger partial charge on any atom is -0.390 e. The number of hydrogen-bond acceptors (Lipinski definition) is 9. The topological polar surface area (TPSA) is 121 Å². The van der Waals surface area contributed by atoms with Crippen molar-refractivity contribution >= 4 is 22.5 Å². The molecule has 1 aliphatic carbocycles. The van der Waals surface area contributed by atoms with Gasteiger partial charge in [0.1, 0.15) is 11.1 Å². The van der Waals surface area contributed by atoms with E-state index in [0.717, 1.165) is 44.6 Å². The Kier molecular flexibility index (Phi) is 4.88. The number of hydrogen-bond donors (Lipinski definition) is 2. The van der Waals surface area contributed by atoms with Crippen LogP contribution in [0.25, 0.3) is 27.5 Å². The molecule has 4 aromatic heterocycles. The number of nitrogens with zero attached hydrogens (tertiary/aromatic N) is 6. The summed E-state index contributed by atoms with van der Waals surface area (Å²) >= 11 is 1.56. The molecule has 2 N–H and O–H groups in total. The summed E-state index contributed by atoms with van der Waals surface area (Å²) in [6, 6.07) is 10.0. The van der Waals surface area contributed by atoms with Crippen LogP contribution in [0.4, 0.5) is 5.69 Å². The lowest BCUT2D eigenvalue weighted by Crippen LogP contribution is -2.40. The van der Waals surface area contributed by atoms with Gasteiger partial charge in [-0.3, -0.25) is 4.98 Å². The zero-order valence-corrected chi connectivity index (χ0v) is 19.6. The van der Waals surface area contributed by atoms with Crippen LogP contribution in [-0.4, -0.2) is 54.8 Å². The zero-order valence-electron chi connectivity index (χ0n) is 18.8. The van der Waals surface area contributed by atoms with Gasteiger partial charge in [-0.25, -0.2) is 4.52 Å². The van der Waals surface area contributed by atoms with Crippen LogP contribution in [0.5, 0.6) is 0 Å². The van der Waals surface area contributed by atoms with Crippen LogP contribution in [0.3, 0.4) is 0 Å². The second-order valence-electron chi connectivity index (χ2n) is 9.45. The molecule has 10 heteroatoms. The number of anilines is 1. The van der Waals surface area contributed by atoms with E-state index in [-0.39, 0.29) is 17.9 Å². The average molecular weight is 474 g/mol. The lowest BCUT2D eigenvalue weighted by atomic mass is 10.0. The summed E-state index contributed by atoms with van der Waals surface area (Å²) in [7, 11) is 0. The molecule has 1 aliphatic heterocycles. The first kappa shape index (κ1) is 21.2. The Bertz CT molecular complexity index is 1430. The molecule has 172 valence electrons. The highest BCUT2D eigenvalue weighted by molar-refractivity contribution is 7.14. The van der Waals surface area contributed by atoms with Crippen molar-refractivity contribution in [2.75, 3.05) is 18.5 Å². The molecule has 0 bridgehead atoms. The van der Waals surface area contributed by atoms with Gasteiger partial charge < -0.3 is 15.2 Å². The monoisotopic (exact) mass is 473 g/mol. The first-order valence-corrected chi connectivity index (χ1v) is 12.0. The van der Waals surface area contributed by atoms with Crippen molar-refractivity contribution in [2.45, 2.75) is 37.8 Å². The van der Waals surface area contributed by atoms with Gasteiger partial charge in [0.2, 0.25) is 0 Å². The van der Waals surface area contributed by atoms with Gasteiger partial charge >= 0.3 is 0 Å². The minimum atomic E-state index is -0.710. The van der Waals surface area contributed by atoms with Gasteiger partial charge in [-0.2, -0.15) is 10.4 Å². The van der Waals surface area contributed by atoms with Gasteiger partial charge in [0.05, 0.1) is 59.1 Å². The number of nitrogens with one attached hydrogen (secondary N) is 1. The van der Waals surface area contributed by atoms with Crippen molar-refractivity contribution in [1.29, 1.82) is 5.26 Å². The summed E-state index contributed by atoms with van der Waals surface area (Å²) in [4.78, 5) is 4.73. The second kappa shape index (κ2) is 7.84. The third-order valence-electron chi connectivity index (χ3n) is 6.48. The molecule has 6 rings (SSSR count). The average Bonchev–Trinajstić information content (AvgIpc) is 3.29. The van der Waals surface area contributed by atoms with Crippen LogP contribution < -0.4 is 5.32 Å². The third-order valence-corrected chi connectivity index (χ3v) is 7.57. The fourth-order valence-electron chi connectivity index (χ4n) is 4.42. The van der Waals surface area contributed by atoms with E-state index in [9.17, 15) is 5.11 Å². The maximum Gasteiger partial charge on any atom is 0.151 e. The smallest absolute Gasteiger partial charge is 0.151 e. The Labute approximate surface area is 200 Å². The molecule has 9 nitrogen and oxygen atoms in total. The molecule has 1 unspecified atom stereocenters. The maximum absolute atomic E-state index is 10.3. The quantitative estimate of drug-likeness (QED) is 0.437. The van der Waals surface area contributed by atoms with Gasteiger partial charge in [-0.15, -0.1) is 10.2 Å². The van der Waals surface area contributed by atoms with E-state index in [1.165, 1.54) is 0 Å². The summed E-state index contributed by atoms with van der Waals surface area (Å²) in [6.45, 7) is 5.01. The van der Waals surface area contributed by atoms with Crippen LogP contribution in [0.1, 0.15) is 36.8 Å². The van der Waals surface area contributed by atoms with Gasteiger partial charge in [-0.05, 0) is 50.5 Å².